The van der Waals surface area contributed by atoms with E-state index in [1.165, 1.54) is 6.33 Å². The van der Waals surface area contributed by atoms with Gasteiger partial charge in [0, 0.05) is 34.4 Å². The monoisotopic (exact) mass is 359 g/mol. The minimum atomic E-state index is -0.105. The molecule has 2 heterocycles. The maximum absolute atomic E-state index is 12.8. The Morgan fingerprint density at radius 3 is 2.63 bits per heavy atom. The Balaban J connectivity index is 1.53. The highest BCUT2D eigenvalue weighted by molar-refractivity contribution is 6.12. The van der Waals surface area contributed by atoms with Gasteiger partial charge in [0.2, 0.25) is 0 Å². The van der Waals surface area contributed by atoms with Crippen molar-refractivity contribution in [3.05, 3.63) is 78.5 Å². The van der Waals surface area contributed by atoms with Gasteiger partial charge in [-0.15, -0.1) is 0 Å². The Kier molecular flexibility index (Phi) is 4.46. The third-order valence-electron chi connectivity index (χ3n) is 4.59. The first-order chi connectivity index (χ1) is 13.1. The number of hydrogen-bond acceptors (Lipinski definition) is 3. The van der Waals surface area contributed by atoms with E-state index in [9.17, 15) is 4.79 Å². The molecule has 27 heavy (non-hydrogen) atoms. The summed E-state index contributed by atoms with van der Waals surface area (Å²) in [5.74, 6) is -0.105. The van der Waals surface area contributed by atoms with Gasteiger partial charge in [-0.1, -0.05) is 18.2 Å². The van der Waals surface area contributed by atoms with Crippen molar-refractivity contribution in [2.75, 3.05) is 5.32 Å². The zero-order chi connectivity index (χ0) is 18.8. The van der Waals surface area contributed by atoms with Crippen molar-refractivity contribution >= 4 is 22.5 Å². The maximum Gasteiger partial charge on any atom is 0.256 e. The highest BCUT2D eigenvalue weighted by Gasteiger charge is 2.13. The summed E-state index contributed by atoms with van der Waals surface area (Å²) in [5, 5.41) is 8.06. The quantitative estimate of drug-likeness (QED) is 0.583. The van der Waals surface area contributed by atoms with E-state index in [2.05, 4.69) is 33.8 Å². The molecule has 6 heteroatoms. The van der Waals surface area contributed by atoms with Gasteiger partial charge in [-0.25, -0.2) is 9.67 Å². The lowest BCUT2D eigenvalue weighted by molar-refractivity contribution is 0.102. The molecule has 2 aromatic carbocycles. The van der Waals surface area contributed by atoms with Gasteiger partial charge in [-0.05, 0) is 49.7 Å². The van der Waals surface area contributed by atoms with Crippen LogP contribution in [0.1, 0.15) is 35.8 Å². The fraction of sp³-hybridized carbons (Fsp3) is 0.190. The number of carbonyl (C=O) groups is 1. The van der Waals surface area contributed by atoms with E-state index >= 15 is 0 Å². The van der Waals surface area contributed by atoms with Crippen LogP contribution in [0, 0.1) is 0 Å². The molecule has 0 spiro atoms. The summed E-state index contributed by atoms with van der Waals surface area (Å²) >= 11 is 0. The summed E-state index contributed by atoms with van der Waals surface area (Å²) in [4.78, 5) is 16.7. The van der Waals surface area contributed by atoms with Crippen molar-refractivity contribution in [1.29, 1.82) is 0 Å². The van der Waals surface area contributed by atoms with Crippen LogP contribution in [0.4, 0.5) is 5.69 Å². The number of aromatic nitrogens is 4. The number of nitrogens with one attached hydrogen (secondary N) is 1. The Bertz CT molecular complexity index is 1060. The van der Waals surface area contributed by atoms with Crippen LogP contribution in [0.5, 0.6) is 0 Å². The van der Waals surface area contributed by atoms with Gasteiger partial charge >= 0.3 is 0 Å². The van der Waals surface area contributed by atoms with E-state index in [0.717, 1.165) is 22.2 Å². The van der Waals surface area contributed by atoms with Crippen LogP contribution >= 0.6 is 0 Å². The summed E-state index contributed by atoms with van der Waals surface area (Å²) in [5.41, 5.74) is 3.61. The summed E-state index contributed by atoms with van der Waals surface area (Å²) in [6.07, 6.45) is 5.23. The van der Waals surface area contributed by atoms with Crippen molar-refractivity contribution in [3.63, 3.8) is 0 Å². The van der Waals surface area contributed by atoms with Crippen LogP contribution in [0.25, 0.3) is 10.9 Å². The van der Waals surface area contributed by atoms with E-state index < -0.39 is 0 Å². The largest absolute Gasteiger partial charge is 0.345 e. The van der Waals surface area contributed by atoms with Crippen molar-refractivity contribution in [3.8, 4) is 0 Å². The molecular formula is C21H21N5O. The third kappa shape index (κ3) is 3.46. The van der Waals surface area contributed by atoms with Crippen molar-refractivity contribution < 1.29 is 4.79 Å². The minimum Gasteiger partial charge on any atom is -0.345 e. The van der Waals surface area contributed by atoms with Gasteiger partial charge < -0.3 is 9.88 Å². The molecule has 136 valence electrons. The van der Waals surface area contributed by atoms with E-state index in [1.54, 1.807) is 11.0 Å². The lowest BCUT2D eigenvalue weighted by Gasteiger charge is -2.11. The first-order valence-electron chi connectivity index (χ1n) is 8.94. The molecule has 6 nitrogen and oxygen atoms in total. The van der Waals surface area contributed by atoms with Crippen LogP contribution in [-0.4, -0.2) is 25.2 Å². The highest BCUT2D eigenvalue weighted by Crippen LogP contribution is 2.24. The molecule has 2 aromatic heterocycles. The first kappa shape index (κ1) is 17.0. The summed E-state index contributed by atoms with van der Waals surface area (Å²) in [6, 6.07) is 16.0. The number of fused-ring (bicyclic) bond motifs is 1. The third-order valence-corrected chi connectivity index (χ3v) is 4.59. The van der Waals surface area contributed by atoms with Crippen LogP contribution in [0.15, 0.2) is 67.4 Å². The predicted octanol–water partition coefficient (Wildman–Crippen LogP) is 4.11. The molecule has 0 aliphatic heterocycles. The van der Waals surface area contributed by atoms with Gasteiger partial charge in [0.05, 0.1) is 6.54 Å². The second-order valence-corrected chi connectivity index (χ2v) is 6.80. The predicted molar refractivity (Wildman–Crippen MR) is 106 cm³/mol. The van der Waals surface area contributed by atoms with E-state index in [0.29, 0.717) is 18.2 Å². The molecule has 0 aliphatic rings. The minimum absolute atomic E-state index is 0.105. The number of hydrogen-bond donors (Lipinski definition) is 1. The molecule has 1 amide bonds. The Labute approximate surface area is 157 Å². The lowest BCUT2D eigenvalue weighted by atomic mass is 10.1. The first-order valence-corrected chi connectivity index (χ1v) is 8.94. The fourth-order valence-electron chi connectivity index (χ4n) is 3.23. The molecule has 0 saturated carbocycles. The van der Waals surface area contributed by atoms with Gasteiger partial charge in [0.15, 0.2) is 0 Å². The van der Waals surface area contributed by atoms with Gasteiger partial charge in [-0.2, -0.15) is 5.10 Å². The SMILES string of the molecule is CC(C)n1ccc2c(C(=O)Nc3ccc(Cn4cncn4)cc3)cccc21. The van der Waals surface area contributed by atoms with E-state index in [4.69, 9.17) is 0 Å². The molecule has 0 fully saturated rings. The van der Waals surface area contributed by atoms with Gasteiger partial charge in [-0.3, -0.25) is 4.79 Å². The lowest BCUT2D eigenvalue weighted by Crippen LogP contribution is -2.12. The standard InChI is InChI=1S/C21H21N5O/c1-15(2)26-11-10-18-19(4-3-5-20(18)26)21(27)24-17-8-6-16(7-9-17)12-25-14-22-13-23-25/h3-11,13-15H,12H2,1-2H3,(H,24,27). The second kappa shape index (κ2) is 7.07. The topological polar surface area (TPSA) is 64.7 Å². The molecule has 0 saturated heterocycles. The highest BCUT2D eigenvalue weighted by atomic mass is 16.1. The molecule has 0 aliphatic carbocycles. The number of carbonyl (C=O) groups excluding carboxylic acids is 1. The molecule has 0 bridgehead atoms. The number of anilines is 1. The normalized spacial score (nSPS) is 11.2. The molecule has 0 atom stereocenters. The number of amides is 1. The fourth-order valence-corrected chi connectivity index (χ4v) is 3.23. The van der Waals surface area contributed by atoms with Gasteiger partial charge in [0.1, 0.15) is 12.7 Å². The molecular weight excluding hydrogens is 338 g/mol. The summed E-state index contributed by atoms with van der Waals surface area (Å²) in [6.45, 7) is 4.91. The zero-order valence-corrected chi connectivity index (χ0v) is 15.3. The Hall–Kier alpha value is -3.41. The number of benzene rings is 2. The molecule has 1 N–H and O–H groups in total. The molecule has 0 radical (unpaired) electrons. The van der Waals surface area contributed by atoms with Crippen LogP contribution in [-0.2, 0) is 6.54 Å². The van der Waals surface area contributed by atoms with Crippen LogP contribution < -0.4 is 5.32 Å². The zero-order valence-electron chi connectivity index (χ0n) is 15.3. The summed E-state index contributed by atoms with van der Waals surface area (Å²) < 4.78 is 3.93. The van der Waals surface area contributed by atoms with Crippen molar-refractivity contribution in [2.24, 2.45) is 0 Å². The van der Waals surface area contributed by atoms with E-state index in [-0.39, 0.29) is 5.91 Å². The van der Waals surface area contributed by atoms with E-state index in [1.807, 2.05) is 54.7 Å². The molecule has 4 rings (SSSR count). The maximum atomic E-state index is 12.8. The van der Waals surface area contributed by atoms with Crippen molar-refractivity contribution in [2.45, 2.75) is 26.4 Å². The number of rotatable bonds is 5. The van der Waals surface area contributed by atoms with Crippen LogP contribution in [0.2, 0.25) is 0 Å². The molecule has 0 unspecified atom stereocenters. The molecule has 4 aromatic rings. The van der Waals surface area contributed by atoms with Crippen LogP contribution in [0.3, 0.4) is 0 Å². The average Bonchev–Trinajstić information content (AvgIpc) is 3.32. The van der Waals surface area contributed by atoms with Crippen molar-refractivity contribution in [1.82, 2.24) is 19.3 Å². The summed E-state index contributed by atoms with van der Waals surface area (Å²) in [7, 11) is 0. The van der Waals surface area contributed by atoms with Gasteiger partial charge in [0.25, 0.3) is 5.91 Å². The number of nitrogens with zero attached hydrogens (tertiary/aromatic N) is 4. The second-order valence-electron chi connectivity index (χ2n) is 6.80. The average molecular weight is 359 g/mol. The smallest absolute Gasteiger partial charge is 0.256 e. The Morgan fingerprint density at radius 1 is 1.11 bits per heavy atom. The Morgan fingerprint density at radius 2 is 1.93 bits per heavy atom.